The van der Waals surface area contributed by atoms with Crippen molar-refractivity contribution in [1.29, 1.82) is 0 Å². The molecule has 62 heavy (non-hydrogen) atoms. The summed E-state index contributed by atoms with van der Waals surface area (Å²) in [5.74, 6) is -2.68. The van der Waals surface area contributed by atoms with Gasteiger partial charge in [-0.25, -0.2) is 4.57 Å². The van der Waals surface area contributed by atoms with Crippen LogP contribution < -0.4 is 5.32 Å². The van der Waals surface area contributed by atoms with Crippen LogP contribution >= 0.6 is 7.82 Å². The molecule has 3 aliphatic heterocycles. The van der Waals surface area contributed by atoms with E-state index in [1.165, 1.54) is 0 Å². The van der Waals surface area contributed by atoms with Gasteiger partial charge in [-0.05, 0) is 47.1 Å². The standard InChI is InChI=1S/C42H69N4O14PSi/c1-12-25(4)19-35(50)58-39-26(5)32(57-41(37(39)45-46-43)60-62(10,11)42(7,8)9)24-52-40-36(44-33(48)20-30(13-2)55-34(49)14-3)27(6)38(31(21-47)56-40)59-61(51)53-22-28-17-15-16-18-29(28)23-54-61/h15-18,25-27,30-32,36-41,47H,12-14,19-24H2,1-11H3,(H,44,48)/t25-,26-,27-,30-,31?,32?,36?,37?,38+,39+,40-,41?/m1/s1. The number of ether oxygens (including phenoxy) is 5. The van der Waals surface area contributed by atoms with Gasteiger partial charge in [-0.1, -0.05) is 98.1 Å². The van der Waals surface area contributed by atoms with Gasteiger partial charge in [-0.2, -0.15) is 0 Å². The average molecular weight is 913 g/mol. The summed E-state index contributed by atoms with van der Waals surface area (Å²) in [6.45, 7) is 20.3. The van der Waals surface area contributed by atoms with Crippen LogP contribution in [0, 0.1) is 17.8 Å². The summed E-state index contributed by atoms with van der Waals surface area (Å²) in [5.41, 5.74) is 11.3. The number of nitrogens with zero attached hydrogens (tertiary/aromatic N) is 3. The Hall–Kier alpha value is -2.93. The van der Waals surface area contributed by atoms with Crippen LogP contribution in [0.1, 0.15) is 106 Å². The summed E-state index contributed by atoms with van der Waals surface area (Å²) in [4.78, 5) is 42.3. The fourth-order valence-electron chi connectivity index (χ4n) is 7.14. The molecule has 0 saturated carbocycles. The van der Waals surface area contributed by atoms with Crippen LogP contribution in [0.4, 0.5) is 0 Å². The summed E-state index contributed by atoms with van der Waals surface area (Å²) >= 11 is 0. The molecule has 0 aliphatic carbocycles. The van der Waals surface area contributed by atoms with Crippen LogP contribution in [0.25, 0.3) is 10.4 Å². The van der Waals surface area contributed by atoms with Crippen LogP contribution in [-0.4, -0.2) is 99.7 Å². The maximum atomic E-state index is 14.1. The van der Waals surface area contributed by atoms with Gasteiger partial charge in [0, 0.05) is 29.6 Å². The Bertz CT molecular complexity index is 1730. The Labute approximate surface area is 367 Å². The Morgan fingerprint density at radius 2 is 1.60 bits per heavy atom. The molecular weight excluding hydrogens is 844 g/mol. The molecule has 0 spiro atoms. The summed E-state index contributed by atoms with van der Waals surface area (Å²) in [7, 11) is -6.84. The number of carbonyl (C=O) groups excluding carboxylic acids is 3. The van der Waals surface area contributed by atoms with Crippen molar-refractivity contribution < 1.29 is 65.7 Å². The molecule has 18 nitrogen and oxygen atoms in total. The van der Waals surface area contributed by atoms with Crippen LogP contribution in [0.3, 0.4) is 0 Å². The first kappa shape index (κ1) is 51.7. The molecule has 1 amide bonds. The first-order valence-corrected chi connectivity index (χ1v) is 26.1. The van der Waals surface area contributed by atoms with E-state index >= 15 is 0 Å². The zero-order valence-corrected chi connectivity index (χ0v) is 40.0. The molecule has 3 heterocycles. The van der Waals surface area contributed by atoms with E-state index in [0.29, 0.717) is 6.42 Å². The lowest BCUT2D eigenvalue weighted by molar-refractivity contribution is -0.281. The van der Waals surface area contributed by atoms with Gasteiger partial charge < -0.3 is 38.5 Å². The van der Waals surface area contributed by atoms with Crippen molar-refractivity contribution in [2.24, 2.45) is 22.9 Å². The third-order valence-electron chi connectivity index (χ3n) is 12.5. The SMILES string of the molecule is CCC(=O)O[C@H](CC)CC(=O)NC1[C@H](OCC2OC(O[Si](C)(C)C(C)(C)C)C(N=[N+]=[N-])[C@@H](OC(=O)C[C@H](C)CC)[C@@H]2C)OC(CO)[C@@H](OP2(=O)OCc3ccccc3CO2)[C@@H]1C. The molecule has 4 rings (SSSR count). The third kappa shape index (κ3) is 13.5. The Morgan fingerprint density at radius 3 is 2.15 bits per heavy atom. The van der Waals surface area contributed by atoms with E-state index < -0.39 is 108 Å². The minimum atomic E-state index is -4.26. The predicted octanol–water partition coefficient (Wildman–Crippen LogP) is 7.61. The number of carbonyl (C=O) groups is 3. The lowest BCUT2D eigenvalue weighted by Gasteiger charge is -2.48. The highest BCUT2D eigenvalue weighted by Crippen LogP contribution is 2.55. The number of hydrogen-bond donors (Lipinski definition) is 2. The topological polar surface area (TPSA) is 232 Å². The van der Waals surface area contributed by atoms with Gasteiger partial charge in [0.25, 0.3) is 0 Å². The van der Waals surface area contributed by atoms with Crippen molar-refractivity contribution in [3.63, 3.8) is 0 Å². The van der Waals surface area contributed by atoms with Gasteiger partial charge >= 0.3 is 19.8 Å². The maximum absolute atomic E-state index is 14.1. The normalized spacial score (nSPS) is 29.8. The highest BCUT2D eigenvalue weighted by molar-refractivity contribution is 7.48. The predicted molar refractivity (Wildman–Crippen MR) is 229 cm³/mol. The van der Waals surface area contributed by atoms with Crippen molar-refractivity contribution >= 4 is 34.0 Å². The molecule has 20 heteroatoms. The molecule has 12 atom stereocenters. The van der Waals surface area contributed by atoms with Crippen molar-refractivity contribution in [3.05, 3.63) is 45.8 Å². The number of azide groups is 1. The minimum Gasteiger partial charge on any atom is -0.462 e. The van der Waals surface area contributed by atoms with E-state index in [-0.39, 0.29) is 50.0 Å². The number of esters is 2. The smallest absolute Gasteiger partial charge is 0.462 e. The highest BCUT2D eigenvalue weighted by atomic mass is 31.2. The first-order valence-electron chi connectivity index (χ1n) is 21.8. The molecule has 0 bridgehead atoms. The molecule has 2 saturated heterocycles. The Morgan fingerprint density at radius 1 is 0.968 bits per heavy atom. The maximum Gasteiger partial charge on any atom is 0.475 e. The summed E-state index contributed by atoms with van der Waals surface area (Å²) < 4.78 is 69.4. The number of aliphatic hydroxyl groups excluding tert-OH is 1. The average Bonchev–Trinajstić information content (AvgIpc) is 3.39. The van der Waals surface area contributed by atoms with Gasteiger partial charge in [0.15, 0.2) is 20.9 Å². The molecule has 350 valence electrons. The Kier molecular flexibility index (Phi) is 19.0. The van der Waals surface area contributed by atoms with Crippen LogP contribution in [-0.2, 0) is 73.8 Å². The van der Waals surface area contributed by atoms with Crippen molar-refractivity contribution in [1.82, 2.24) is 5.32 Å². The fourth-order valence-corrected chi connectivity index (χ4v) is 9.68. The number of fused-ring (bicyclic) bond motifs is 1. The summed E-state index contributed by atoms with van der Waals surface area (Å²) in [5, 5.41) is 17.4. The van der Waals surface area contributed by atoms with Crippen molar-refractivity contribution in [2.45, 2.75) is 181 Å². The Balaban J connectivity index is 1.65. The zero-order chi connectivity index (χ0) is 46.0. The number of hydrogen-bond acceptors (Lipinski definition) is 15. The monoisotopic (exact) mass is 912 g/mol. The van der Waals surface area contributed by atoms with Gasteiger partial charge in [0.2, 0.25) is 5.91 Å². The fraction of sp³-hybridized carbons (Fsp3) is 0.786. The van der Waals surface area contributed by atoms with Gasteiger partial charge in [-0.3, -0.25) is 28.0 Å². The molecule has 0 radical (unpaired) electrons. The van der Waals surface area contributed by atoms with Crippen LogP contribution in [0.2, 0.25) is 18.1 Å². The molecule has 2 N–H and O–H groups in total. The van der Waals surface area contributed by atoms with E-state index in [4.69, 9.17) is 41.7 Å². The van der Waals surface area contributed by atoms with Gasteiger partial charge in [0.1, 0.15) is 30.5 Å². The second kappa shape index (κ2) is 22.8. The second-order valence-corrected chi connectivity index (χ2v) is 24.4. The molecule has 0 aromatic heterocycles. The zero-order valence-electron chi connectivity index (χ0n) is 38.1. The van der Waals surface area contributed by atoms with E-state index in [2.05, 4.69) is 36.1 Å². The number of amides is 1. The molecular formula is C42H69N4O14PSi. The summed E-state index contributed by atoms with van der Waals surface area (Å²) in [6, 6.07) is 5.31. The largest absolute Gasteiger partial charge is 0.475 e. The number of phosphoric ester groups is 1. The number of aliphatic hydroxyl groups is 1. The van der Waals surface area contributed by atoms with Gasteiger partial charge in [-0.15, -0.1) is 0 Å². The summed E-state index contributed by atoms with van der Waals surface area (Å²) in [6.07, 6.45) is -5.84. The van der Waals surface area contributed by atoms with E-state index in [1.807, 2.05) is 51.2 Å². The number of rotatable bonds is 19. The second-order valence-electron chi connectivity index (χ2n) is 18.1. The quantitative estimate of drug-likeness (QED) is 0.0340. The van der Waals surface area contributed by atoms with Crippen molar-refractivity contribution in [3.8, 4) is 0 Å². The number of phosphoric acid groups is 1. The number of nitrogens with one attached hydrogen (secondary N) is 1. The van der Waals surface area contributed by atoms with Crippen LogP contribution in [0.15, 0.2) is 29.4 Å². The third-order valence-corrected chi connectivity index (χ3v) is 18.3. The van der Waals surface area contributed by atoms with Gasteiger partial charge in [0.05, 0.1) is 45.0 Å². The lowest BCUT2D eigenvalue weighted by Crippen LogP contribution is -2.63. The van der Waals surface area contributed by atoms with E-state index in [0.717, 1.165) is 17.5 Å². The molecule has 3 aliphatic rings. The minimum absolute atomic E-state index is 0.0475. The molecule has 1 aromatic carbocycles. The van der Waals surface area contributed by atoms with E-state index in [1.54, 1.807) is 27.7 Å². The van der Waals surface area contributed by atoms with Crippen LogP contribution in [0.5, 0.6) is 0 Å². The number of benzene rings is 1. The molecule has 1 aromatic rings. The van der Waals surface area contributed by atoms with Crippen molar-refractivity contribution in [2.75, 3.05) is 13.2 Å². The first-order chi connectivity index (χ1) is 29.2. The molecule has 5 unspecified atom stereocenters. The lowest BCUT2D eigenvalue weighted by atomic mass is 9.88. The molecule has 2 fully saturated rings. The van der Waals surface area contributed by atoms with E-state index in [9.17, 15) is 29.6 Å². The highest BCUT2D eigenvalue weighted by Gasteiger charge is 2.53.